The van der Waals surface area contributed by atoms with Gasteiger partial charge < -0.3 is 30.2 Å². The number of benzene rings is 2. The quantitative estimate of drug-likeness (QED) is 0.242. The van der Waals surface area contributed by atoms with Crippen LogP contribution < -0.4 is 10.5 Å². The molecule has 2 aromatic heterocycles. The van der Waals surface area contributed by atoms with E-state index in [9.17, 15) is 20.3 Å². The van der Waals surface area contributed by atoms with Crippen LogP contribution >= 0.6 is 0 Å². The molecule has 1 aliphatic heterocycles. The van der Waals surface area contributed by atoms with Crippen molar-refractivity contribution < 1.29 is 19.7 Å². The molecule has 1 fully saturated rings. The summed E-state index contributed by atoms with van der Waals surface area (Å²) in [5, 5.41) is 29.6. The second-order valence-electron chi connectivity index (χ2n) is 8.92. The van der Waals surface area contributed by atoms with Crippen molar-refractivity contribution in [2.24, 2.45) is 0 Å². The van der Waals surface area contributed by atoms with E-state index in [-0.39, 0.29) is 31.1 Å². The average molecular weight is 511 g/mol. The van der Waals surface area contributed by atoms with E-state index in [1.165, 1.54) is 17.3 Å². The maximum Gasteiger partial charge on any atom is 0.264 e. The number of aliphatic hydroxyl groups is 2. The van der Waals surface area contributed by atoms with Gasteiger partial charge in [-0.15, -0.1) is 0 Å². The number of ether oxygens (including phenoxy) is 1. The number of aromatic nitrogens is 3. The summed E-state index contributed by atoms with van der Waals surface area (Å²) in [6, 6.07) is 18.8. The monoisotopic (exact) mass is 510 g/mol. The number of amides is 1. The Balaban J connectivity index is 1.65. The molecule has 0 spiro atoms. The minimum absolute atomic E-state index is 0.0556. The van der Waals surface area contributed by atoms with Gasteiger partial charge in [-0.1, -0.05) is 30.3 Å². The van der Waals surface area contributed by atoms with Crippen molar-refractivity contribution in [2.45, 2.75) is 19.1 Å². The fourth-order valence-electron chi connectivity index (χ4n) is 4.49. The minimum Gasteiger partial charge on any atom is -0.457 e. The van der Waals surface area contributed by atoms with Crippen molar-refractivity contribution in [1.82, 2.24) is 19.4 Å². The normalized spacial score (nSPS) is 13.8. The van der Waals surface area contributed by atoms with Gasteiger partial charge in [-0.2, -0.15) is 5.26 Å². The number of carbonyl (C=O) groups is 1. The highest BCUT2D eigenvalue weighted by atomic mass is 16.5. The number of rotatable bonds is 8. The van der Waals surface area contributed by atoms with Gasteiger partial charge in [0, 0.05) is 31.8 Å². The predicted octanol–water partition coefficient (Wildman–Crippen LogP) is 2.97. The van der Waals surface area contributed by atoms with Gasteiger partial charge in [-0.25, -0.2) is 9.97 Å². The van der Waals surface area contributed by atoms with E-state index < -0.39 is 12.0 Å². The third kappa shape index (κ3) is 4.80. The van der Waals surface area contributed by atoms with Crippen LogP contribution in [0.15, 0.2) is 66.5 Å². The minimum atomic E-state index is -0.586. The number of nitriles is 1. The molecule has 192 valence electrons. The van der Waals surface area contributed by atoms with Gasteiger partial charge in [0.1, 0.15) is 40.9 Å². The van der Waals surface area contributed by atoms with E-state index in [0.717, 1.165) is 5.56 Å². The Hall–Kier alpha value is -4.72. The van der Waals surface area contributed by atoms with Gasteiger partial charge >= 0.3 is 0 Å². The number of β-amino-alcohol motifs (C(OH)–C–C–N with tert-alkyl or cyclic N) is 1. The second-order valence-corrected chi connectivity index (χ2v) is 8.92. The first kappa shape index (κ1) is 25.0. The molecule has 0 unspecified atom stereocenters. The van der Waals surface area contributed by atoms with Crippen molar-refractivity contribution in [3.05, 3.63) is 72.2 Å². The topological polar surface area (TPSA) is 151 Å². The van der Waals surface area contributed by atoms with Gasteiger partial charge in [0.25, 0.3) is 5.91 Å². The third-order valence-corrected chi connectivity index (χ3v) is 6.35. The Morgan fingerprint density at radius 1 is 1.13 bits per heavy atom. The highest BCUT2D eigenvalue weighted by Crippen LogP contribution is 2.39. The van der Waals surface area contributed by atoms with E-state index >= 15 is 0 Å². The lowest BCUT2D eigenvalue weighted by atomic mass is 10.0. The van der Waals surface area contributed by atoms with Crippen LogP contribution in [0.3, 0.4) is 0 Å². The van der Waals surface area contributed by atoms with Crippen LogP contribution in [0.2, 0.25) is 0 Å². The molecular formula is C28H26N6O4. The average Bonchev–Trinajstić information content (AvgIpc) is 3.23. The molecule has 1 amide bonds. The third-order valence-electron chi connectivity index (χ3n) is 6.35. The van der Waals surface area contributed by atoms with E-state index in [1.54, 1.807) is 0 Å². The van der Waals surface area contributed by atoms with E-state index in [4.69, 9.17) is 10.5 Å². The molecule has 3 heterocycles. The Kier molecular flexibility index (Phi) is 7.04. The molecule has 0 aliphatic carbocycles. The number of aliphatic hydroxyl groups excluding tert-OH is 2. The predicted molar refractivity (Wildman–Crippen MR) is 142 cm³/mol. The SMILES string of the molecule is N#C/C(=C\c1c(-c2ccc(Oc3ccccc3)cc2)c2c(N)ncnc2n1CCCO)C(=O)N1CC(O)C1. The molecule has 0 bridgehead atoms. The largest absolute Gasteiger partial charge is 0.457 e. The number of hydrogen-bond acceptors (Lipinski definition) is 8. The molecule has 38 heavy (non-hydrogen) atoms. The summed E-state index contributed by atoms with van der Waals surface area (Å²) in [6.45, 7) is 0.679. The van der Waals surface area contributed by atoms with Crippen molar-refractivity contribution >= 4 is 28.8 Å². The number of aryl methyl sites for hydroxylation is 1. The highest BCUT2D eigenvalue weighted by molar-refractivity contribution is 6.08. The summed E-state index contributed by atoms with van der Waals surface area (Å²) in [6.07, 6.45) is 2.72. The van der Waals surface area contributed by atoms with Crippen LogP contribution in [-0.4, -0.2) is 61.4 Å². The molecule has 10 heteroatoms. The van der Waals surface area contributed by atoms with E-state index in [1.807, 2.05) is 65.2 Å². The first-order valence-electron chi connectivity index (χ1n) is 12.2. The maximum atomic E-state index is 13.0. The second kappa shape index (κ2) is 10.7. The van der Waals surface area contributed by atoms with Crippen molar-refractivity contribution in [3.8, 4) is 28.7 Å². The highest BCUT2D eigenvalue weighted by Gasteiger charge is 2.31. The van der Waals surface area contributed by atoms with Gasteiger partial charge in [0.15, 0.2) is 0 Å². The van der Waals surface area contributed by atoms with Gasteiger partial charge in [0.2, 0.25) is 0 Å². The summed E-state index contributed by atoms with van der Waals surface area (Å²) in [4.78, 5) is 23.0. The number of nitrogen functional groups attached to an aromatic ring is 1. The zero-order valence-electron chi connectivity index (χ0n) is 20.5. The number of carbonyl (C=O) groups excluding carboxylic acids is 1. The zero-order valence-corrected chi connectivity index (χ0v) is 20.5. The van der Waals surface area contributed by atoms with Crippen LogP contribution in [0.5, 0.6) is 11.5 Å². The van der Waals surface area contributed by atoms with E-state index in [0.29, 0.717) is 46.8 Å². The van der Waals surface area contributed by atoms with Crippen molar-refractivity contribution in [1.29, 1.82) is 5.26 Å². The molecule has 1 aliphatic rings. The molecular weight excluding hydrogens is 484 g/mol. The van der Waals surface area contributed by atoms with Crippen LogP contribution in [0.4, 0.5) is 5.82 Å². The molecule has 4 N–H and O–H groups in total. The van der Waals surface area contributed by atoms with Crippen LogP contribution in [0.25, 0.3) is 28.2 Å². The smallest absolute Gasteiger partial charge is 0.264 e. The van der Waals surface area contributed by atoms with E-state index in [2.05, 4.69) is 9.97 Å². The molecule has 1 saturated heterocycles. The Morgan fingerprint density at radius 2 is 1.84 bits per heavy atom. The molecule has 0 radical (unpaired) electrons. The van der Waals surface area contributed by atoms with Crippen molar-refractivity contribution in [2.75, 3.05) is 25.4 Å². The summed E-state index contributed by atoms with van der Waals surface area (Å²) in [5.74, 6) is 1.13. The lowest BCUT2D eigenvalue weighted by Gasteiger charge is -2.35. The summed E-state index contributed by atoms with van der Waals surface area (Å²) < 4.78 is 7.76. The lowest BCUT2D eigenvalue weighted by Crippen LogP contribution is -2.53. The van der Waals surface area contributed by atoms with Crippen molar-refractivity contribution in [3.63, 3.8) is 0 Å². The fraction of sp³-hybridized carbons (Fsp3) is 0.214. The molecule has 4 aromatic rings. The standard InChI is InChI=1S/C28H26N6O4/c29-14-19(28(37)33-15-20(36)16-33)13-23-24(25-26(30)31-17-32-27(25)34(23)11-4-12-35)18-7-9-22(10-8-18)38-21-5-2-1-3-6-21/h1-3,5-10,13,17,20,35-36H,4,11-12,15-16H2,(H2,30,31,32)/b19-13+. The van der Waals surface area contributed by atoms with Gasteiger partial charge in [-0.05, 0) is 42.3 Å². The van der Waals surface area contributed by atoms with Gasteiger partial charge in [-0.3, -0.25) is 4.79 Å². The molecule has 0 saturated carbocycles. The summed E-state index contributed by atoms with van der Waals surface area (Å²) >= 11 is 0. The molecule has 5 rings (SSSR count). The zero-order chi connectivity index (χ0) is 26.6. The Bertz CT molecular complexity index is 1530. The number of nitrogens with two attached hydrogens (primary N) is 1. The Morgan fingerprint density at radius 3 is 2.50 bits per heavy atom. The number of anilines is 1. The first-order chi connectivity index (χ1) is 18.5. The maximum absolute atomic E-state index is 13.0. The lowest BCUT2D eigenvalue weighted by molar-refractivity contribution is -0.136. The number of hydrogen-bond donors (Lipinski definition) is 3. The summed E-state index contributed by atoms with van der Waals surface area (Å²) in [5.41, 5.74) is 8.74. The summed E-state index contributed by atoms with van der Waals surface area (Å²) in [7, 11) is 0. The fourth-order valence-corrected chi connectivity index (χ4v) is 4.49. The number of nitrogens with zero attached hydrogens (tertiary/aromatic N) is 5. The first-order valence-corrected chi connectivity index (χ1v) is 12.2. The molecule has 2 aromatic carbocycles. The van der Waals surface area contributed by atoms with Crippen LogP contribution in [0.1, 0.15) is 12.1 Å². The number of likely N-dealkylation sites (tertiary alicyclic amines) is 1. The molecule has 0 atom stereocenters. The van der Waals surface area contributed by atoms with Crippen LogP contribution in [-0.2, 0) is 11.3 Å². The molecule has 10 nitrogen and oxygen atoms in total. The number of fused-ring (bicyclic) bond motifs is 1. The van der Waals surface area contributed by atoms with Gasteiger partial charge in [0.05, 0.1) is 17.2 Å². The van der Waals surface area contributed by atoms with Crippen LogP contribution in [0, 0.1) is 11.3 Å². The number of para-hydroxylation sites is 1. The Labute approximate surface area is 218 Å².